The SMILES string of the molecule is CC(=O)N[C@@H]1CC[C@@]2(C)C(=CC[C@H]3[C@@H]4CC[C@H](NC(C)=O)[C@@]4(C)CC[C@@H]32)C1.Cl. The molecule has 4 nitrogen and oxygen atoms in total. The molecule has 28 heavy (non-hydrogen) atoms. The van der Waals surface area contributed by atoms with Crippen molar-refractivity contribution in [2.24, 2.45) is 28.6 Å². The topological polar surface area (TPSA) is 58.2 Å². The number of allylic oxidation sites excluding steroid dienone is 1. The Morgan fingerprint density at radius 1 is 0.964 bits per heavy atom. The molecule has 4 rings (SSSR count). The van der Waals surface area contributed by atoms with E-state index >= 15 is 0 Å². The lowest BCUT2D eigenvalue weighted by Crippen LogP contribution is -2.54. The second-order valence-corrected chi connectivity index (χ2v) is 10.3. The van der Waals surface area contributed by atoms with Crippen molar-refractivity contribution in [2.45, 2.75) is 91.1 Å². The van der Waals surface area contributed by atoms with E-state index in [-0.39, 0.29) is 29.6 Å². The number of rotatable bonds is 2. The predicted molar refractivity (Wildman–Crippen MR) is 114 cm³/mol. The molecule has 2 amide bonds. The van der Waals surface area contributed by atoms with Crippen LogP contribution in [0.4, 0.5) is 0 Å². The molecule has 5 heteroatoms. The molecule has 0 saturated heterocycles. The Labute approximate surface area is 176 Å². The summed E-state index contributed by atoms with van der Waals surface area (Å²) < 4.78 is 0. The molecule has 0 spiro atoms. The van der Waals surface area contributed by atoms with Crippen molar-refractivity contribution >= 4 is 24.2 Å². The van der Waals surface area contributed by atoms with Crippen molar-refractivity contribution in [1.82, 2.24) is 10.6 Å². The van der Waals surface area contributed by atoms with Crippen LogP contribution >= 0.6 is 12.4 Å². The molecule has 0 aromatic rings. The van der Waals surface area contributed by atoms with Gasteiger partial charge in [0.1, 0.15) is 0 Å². The smallest absolute Gasteiger partial charge is 0.217 e. The van der Waals surface area contributed by atoms with Crippen LogP contribution in [0.15, 0.2) is 11.6 Å². The Morgan fingerprint density at radius 3 is 2.36 bits per heavy atom. The van der Waals surface area contributed by atoms with Crippen LogP contribution in [0.25, 0.3) is 0 Å². The van der Waals surface area contributed by atoms with E-state index in [2.05, 4.69) is 30.6 Å². The molecule has 0 unspecified atom stereocenters. The fourth-order valence-corrected chi connectivity index (χ4v) is 7.55. The van der Waals surface area contributed by atoms with Crippen LogP contribution in [0.1, 0.15) is 79.1 Å². The van der Waals surface area contributed by atoms with Gasteiger partial charge in [-0.15, -0.1) is 12.4 Å². The molecule has 4 aliphatic rings. The fraction of sp³-hybridized carbons (Fsp3) is 0.826. The molecule has 0 radical (unpaired) electrons. The Kier molecular flexibility index (Phi) is 5.93. The summed E-state index contributed by atoms with van der Waals surface area (Å²) in [4.78, 5) is 23.2. The van der Waals surface area contributed by atoms with Crippen LogP contribution < -0.4 is 10.6 Å². The minimum absolute atomic E-state index is 0. The zero-order chi connectivity index (χ0) is 19.4. The third-order valence-electron chi connectivity index (χ3n) is 8.89. The molecule has 3 fully saturated rings. The van der Waals surface area contributed by atoms with Gasteiger partial charge >= 0.3 is 0 Å². The maximum absolute atomic E-state index is 11.7. The van der Waals surface area contributed by atoms with Gasteiger partial charge in [0.15, 0.2) is 0 Å². The fourth-order valence-electron chi connectivity index (χ4n) is 7.55. The monoisotopic (exact) mass is 408 g/mol. The molecule has 3 saturated carbocycles. The predicted octanol–water partition coefficient (Wildman–Crippen LogP) is 4.38. The molecule has 0 bridgehead atoms. The van der Waals surface area contributed by atoms with Crippen LogP contribution in [0.5, 0.6) is 0 Å². The first kappa shape index (κ1) is 21.7. The second kappa shape index (κ2) is 7.66. The molecule has 2 N–H and O–H groups in total. The Morgan fingerprint density at radius 2 is 1.68 bits per heavy atom. The standard InChI is InChI=1S/C23H36N2O2.ClH/c1-14(26)24-17-9-11-22(3)16(13-17)5-6-18-19-7-8-21(25-15(2)27)23(19,4)12-10-20(18)22;/h5,17-21H,6-13H2,1-4H3,(H,24,26)(H,25,27);1H/t17-,18+,19+,20+,21+,22+,23+;/m1./s1. The van der Waals surface area contributed by atoms with Gasteiger partial charge in [-0.2, -0.15) is 0 Å². The summed E-state index contributed by atoms with van der Waals surface area (Å²) in [6.07, 6.45) is 12.0. The molecule has 0 aliphatic heterocycles. The van der Waals surface area contributed by atoms with E-state index in [9.17, 15) is 9.59 Å². The maximum Gasteiger partial charge on any atom is 0.217 e. The summed E-state index contributed by atoms with van der Waals surface area (Å²) in [7, 11) is 0. The average Bonchev–Trinajstić information content (AvgIpc) is 2.91. The van der Waals surface area contributed by atoms with E-state index in [1.54, 1.807) is 19.4 Å². The lowest BCUT2D eigenvalue weighted by molar-refractivity contribution is -0.121. The maximum atomic E-state index is 11.7. The molecule has 7 atom stereocenters. The molecule has 0 heterocycles. The number of carbonyl (C=O) groups excluding carboxylic acids is 2. The van der Waals surface area contributed by atoms with Gasteiger partial charge in [0, 0.05) is 25.9 Å². The summed E-state index contributed by atoms with van der Waals surface area (Å²) in [5, 5.41) is 6.42. The molecule has 0 aromatic carbocycles. The summed E-state index contributed by atoms with van der Waals surface area (Å²) in [5.74, 6) is 2.48. The normalized spacial score (nSPS) is 44.1. The molecule has 0 aromatic heterocycles. The van der Waals surface area contributed by atoms with E-state index in [0.717, 1.165) is 37.0 Å². The van der Waals surface area contributed by atoms with Gasteiger partial charge in [0.2, 0.25) is 11.8 Å². The number of carbonyl (C=O) groups is 2. The summed E-state index contributed by atoms with van der Waals surface area (Å²) in [6.45, 7) is 8.23. The third kappa shape index (κ3) is 3.40. The van der Waals surface area contributed by atoms with E-state index in [1.165, 1.54) is 32.1 Å². The Balaban J connectivity index is 0.00000225. The number of nitrogens with one attached hydrogen (secondary N) is 2. The quantitative estimate of drug-likeness (QED) is 0.666. The highest BCUT2D eigenvalue weighted by molar-refractivity contribution is 5.85. The zero-order valence-electron chi connectivity index (χ0n) is 17.8. The third-order valence-corrected chi connectivity index (χ3v) is 8.89. The molecule has 158 valence electrons. The molecule has 4 aliphatic carbocycles. The van der Waals surface area contributed by atoms with Crippen LogP contribution in [-0.2, 0) is 9.59 Å². The van der Waals surface area contributed by atoms with Gasteiger partial charge < -0.3 is 10.6 Å². The van der Waals surface area contributed by atoms with Gasteiger partial charge in [-0.1, -0.05) is 25.5 Å². The zero-order valence-corrected chi connectivity index (χ0v) is 18.7. The molecular formula is C23H37ClN2O2. The average molecular weight is 409 g/mol. The first-order valence-corrected chi connectivity index (χ1v) is 11.0. The number of halogens is 1. The molecular weight excluding hydrogens is 372 g/mol. The van der Waals surface area contributed by atoms with Crippen molar-refractivity contribution in [1.29, 1.82) is 0 Å². The Hall–Kier alpha value is -1.03. The number of hydrogen-bond acceptors (Lipinski definition) is 2. The van der Waals surface area contributed by atoms with Crippen molar-refractivity contribution < 1.29 is 9.59 Å². The van der Waals surface area contributed by atoms with Crippen LogP contribution in [0.3, 0.4) is 0 Å². The van der Waals surface area contributed by atoms with E-state index in [4.69, 9.17) is 0 Å². The lowest BCUT2D eigenvalue weighted by atomic mass is 9.47. The van der Waals surface area contributed by atoms with Gasteiger partial charge in [0.05, 0.1) is 0 Å². The van der Waals surface area contributed by atoms with Crippen molar-refractivity contribution in [3.63, 3.8) is 0 Å². The first-order valence-electron chi connectivity index (χ1n) is 11.0. The van der Waals surface area contributed by atoms with E-state index < -0.39 is 0 Å². The van der Waals surface area contributed by atoms with Crippen molar-refractivity contribution in [3.05, 3.63) is 11.6 Å². The largest absolute Gasteiger partial charge is 0.353 e. The van der Waals surface area contributed by atoms with Crippen LogP contribution in [0, 0.1) is 28.6 Å². The highest BCUT2D eigenvalue weighted by atomic mass is 35.5. The first-order chi connectivity index (χ1) is 12.7. The van der Waals surface area contributed by atoms with Crippen molar-refractivity contribution in [3.8, 4) is 0 Å². The highest BCUT2D eigenvalue weighted by Gasteiger charge is 2.58. The van der Waals surface area contributed by atoms with Gasteiger partial charge in [0.25, 0.3) is 0 Å². The second-order valence-electron chi connectivity index (χ2n) is 10.3. The highest BCUT2D eigenvalue weighted by Crippen LogP contribution is 2.64. The number of fused-ring (bicyclic) bond motifs is 5. The van der Waals surface area contributed by atoms with Gasteiger partial charge in [-0.3, -0.25) is 9.59 Å². The van der Waals surface area contributed by atoms with Gasteiger partial charge in [-0.25, -0.2) is 0 Å². The van der Waals surface area contributed by atoms with Crippen molar-refractivity contribution in [2.75, 3.05) is 0 Å². The van der Waals surface area contributed by atoms with Crippen LogP contribution in [0.2, 0.25) is 0 Å². The minimum atomic E-state index is 0. The summed E-state index contributed by atoms with van der Waals surface area (Å²) in [6, 6.07) is 0.678. The van der Waals surface area contributed by atoms with Gasteiger partial charge in [-0.05, 0) is 80.0 Å². The number of amides is 2. The lowest BCUT2D eigenvalue weighted by Gasteiger charge is -2.58. The number of hydrogen-bond donors (Lipinski definition) is 2. The van der Waals surface area contributed by atoms with E-state index in [1.807, 2.05) is 0 Å². The Bertz CT molecular complexity index is 678. The summed E-state index contributed by atoms with van der Waals surface area (Å²) >= 11 is 0. The van der Waals surface area contributed by atoms with Crippen LogP contribution in [-0.4, -0.2) is 23.9 Å². The summed E-state index contributed by atoms with van der Waals surface area (Å²) in [5.41, 5.74) is 2.18. The minimum Gasteiger partial charge on any atom is -0.353 e. The van der Waals surface area contributed by atoms with E-state index in [0.29, 0.717) is 17.5 Å².